The van der Waals surface area contributed by atoms with Gasteiger partial charge < -0.3 is 4.74 Å². The predicted octanol–water partition coefficient (Wildman–Crippen LogP) is 3.18. The van der Waals surface area contributed by atoms with Crippen LogP contribution in [0.1, 0.15) is 0 Å². The number of methoxy groups -OCH3 is 1. The zero-order valence-electron chi connectivity index (χ0n) is 6.43. The third-order valence-corrected chi connectivity index (χ3v) is 3.11. The average Bonchev–Trinajstić information content (AvgIpc) is 2.04. The van der Waals surface area contributed by atoms with Crippen molar-refractivity contribution in [2.75, 3.05) is 13.4 Å². The molecule has 0 aromatic heterocycles. The van der Waals surface area contributed by atoms with Gasteiger partial charge in [-0.25, -0.2) is 0 Å². The maximum absolute atomic E-state index is 5.17. The Morgan fingerprint density at radius 1 is 1.45 bits per heavy atom. The fourth-order valence-corrected chi connectivity index (χ4v) is 2.30. The maximum atomic E-state index is 5.17. The van der Waals surface area contributed by atoms with Crippen LogP contribution in [0, 0.1) is 0 Å². The van der Waals surface area contributed by atoms with E-state index in [4.69, 9.17) is 4.74 Å². The lowest BCUT2D eigenvalue weighted by Crippen LogP contribution is -1.85. The van der Waals surface area contributed by atoms with Gasteiger partial charge in [-0.2, -0.15) is 0 Å². The number of hydrogen-bond acceptors (Lipinski definition) is 2. The van der Waals surface area contributed by atoms with Gasteiger partial charge in [0.2, 0.25) is 0 Å². The minimum absolute atomic E-state index is 0.923. The molecule has 0 N–H and O–H groups in total. The van der Waals surface area contributed by atoms with E-state index in [-0.39, 0.29) is 0 Å². The van der Waals surface area contributed by atoms with Gasteiger partial charge in [-0.3, -0.25) is 0 Å². The van der Waals surface area contributed by atoms with Crippen LogP contribution in [0.15, 0.2) is 27.6 Å². The predicted molar refractivity (Wildman–Crippen MR) is 52.5 cm³/mol. The minimum atomic E-state index is 0.923. The van der Waals surface area contributed by atoms with E-state index in [9.17, 15) is 0 Å². The van der Waals surface area contributed by atoms with E-state index in [1.54, 1.807) is 18.9 Å². The smallest absolute Gasteiger partial charge is 0.133 e. The van der Waals surface area contributed by atoms with Crippen molar-refractivity contribution < 1.29 is 4.74 Å². The molecule has 1 nitrogen and oxygen atoms in total. The highest BCUT2D eigenvalue weighted by atomic mass is 79.9. The standard InChI is InChI=1S/C8H9BrOS/c1-10-7-5-3-4-6(9)8(7)11-2/h3-5H,1-2H3. The van der Waals surface area contributed by atoms with E-state index >= 15 is 0 Å². The minimum Gasteiger partial charge on any atom is -0.496 e. The first-order valence-corrected chi connectivity index (χ1v) is 5.18. The van der Waals surface area contributed by atoms with E-state index in [2.05, 4.69) is 15.9 Å². The molecular formula is C8H9BrOS. The second-order valence-electron chi connectivity index (χ2n) is 1.98. The van der Waals surface area contributed by atoms with Crippen LogP contribution in [0.3, 0.4) is 0 Å². The number of benzene rings is 1. The molecule has 0 amide bonds. The summed E-state index contributed by atoms with van der Waals surface area (Å²) in [4.78, 5) is 1.15. The molecule has 1 aromatic carbocycles. The Kier molecular flexibility index (Phi) is 3.27. The SMILES string of the molecule is COc1cccc(Br)c1SC. The Labute approximate surface area is 79.3 Å². The van der Waals surface area contributed by atoms with Gasteiger partial charge in [-0.15, -0.1) is 11.8 Å². The van der Waals surface area contributed by atoms with E-state index in [1.807, 2.05) is 24.5 Å². The van der Waals surface area contributed by atoms with Gasteiger partial charge in [0.1, 0.15) is 5.75 Å². The van der Waals surface area contributed by atoms with Crippen LogP contribution < -0.4 is 4.74 Å². The molecule has 0 unspecified atom stereocenters. The summed E-state index contributed by atoms with van der Waals surface area (Å²) in [6, 6.07) is 5.92. The third kappa shape index (κ3) is 1.91. The number of rotatable bonds is 2. The first-order chi connectivity index (χ1) is 5.29. The lowest BCUT2D eigenvalue weighted by molar-refractivity contribution is 0.404. The van der Waals surface area contributed by atoms with Gasteiger partial charge in [0.15, 0.2) is 0 Å². The molecule has 60 valence electrons. The summed E-state index contributed by atoms with van der Waals surface area (Å²) in [5, 5.41) is 0. The van der Waals surface area contributed by atoms with Crippen LogP contribution in [0.4, 0.5) is 0 Å². The molecule has 1 rings (SSSR count). The molecule has 0 aliphatic rings. The molecule has 11 heavy (non-hydrogen) atoms. The van der Waals surface area contributed by atoms with Gasteiger partial charge in [0.25, 0.3) is 0 Å². The van der Waals surface area contributed by atoms with Crippen LogP contribution in [0.2, 0.25) is 0 Å². The first-order valence-electron chi connectivity index (χ1n) is 3.16. The van der Waals surface area contributed by atoms with Crippen molar-refractivity contribution in [3.8, 4) is 5.75 Å². The molecule has 1 aromatic rings. The largest absolute Gasteiger partial charge is 0.496 e. The summed E-state index contributed by atoms with van der Waals surface area (Å²) < 4.78 is 6.25. The summed E-state index contributed by atoms with van der Waals surface area (Å²) >= 11 is 5.12. The summed E-state index contributed by atoms with van der Waals surface area (Å²) in [6.45, 7) is 0. The topological polar surface area (TPSA) is 9.23 Å². The van der Waals surface area contributed by atoms with Crippen LogP contribution in [0.5, 0.6) is 5.75 Å². The van der Waals surface area contributed by atoms with Gasteiger partial charge in [0.05, 0.1) is 12.0 Å². The van der Waals surface area contributed by atoms with Gasteiger partial charge in [-0.05, 0) is 34.3 Å². The zero-order chi connectivity index (χ0) is 8.27. The molecule has 0 fully saturated rings. The molecule has 0 saturated heterocycles. The van der Waals surface area contributed by atoms with Crippen LogP contribution in [-0.2, 0) is 0 Å². The van der Waals surface area contributed by atoms with E-state index in [1.165, 1.54) is 0 Å². The third-order valence-electron chi connectivity index (χ3n) is 1.35. The Bertz CT molecular complexity index is 250. The highest BCUT2D eigenvalue weighted by Gasteiger charge is 2.03. The van der Waals surface area contributed by atoms with Crippen LogP contribution >= 0.6 is 27.7 Å². The van der Waals surface area contributed by atoms with E-state index in [0.29, 0.717) is 0 Å². The number of halogens is 1. The number of hydrogen-bond donors (Lipinski definition) is 0. The lowest BCUT2D eigenvalue weighted by Gasteiger charge is -2.06. The second kappa shape index (κ2) is 4.02. The van der Waals surface area contributed by atoms with Crippen molar-refractivity contribution in [3.63, 3.8) is 0 Å². The highest BCUT2D eigenvalue weighted by molar-refractivity contribution is 9.10. The normalized spacial score (nSPS) is 9.73. The molecule has 0 bridgehead atoms. The van der Waals surface area contributed by atoms with Gasteiger partial charge in [0, 0.05) is 4.47 Å². The molecular weight excluding hydrogens is 224 g/mol. The summed E-state index contributed by atoms with van der Waals surface area (Å²) in [5.74, 6) is 0.923. The van der Waals surface area contributed by atoms with Crippen molar-refractivity contribution in [1.29, 1.82) is 0 Å². The Morgan fingerprint density at radius 2 is 2.18 bits per heavy atom. The molecule has 0 heterocycles. The summed E-state index contributed by atoms with van der Waals surface area (Å²) in [7, 11) is 1.68. The molecule has 3 heteroatoms. The van der Waals surface area contributed by atoms with E-state index in [0.717, 1.165) is 15.1 Å². The van der Waals surface area contributed by atoms with Crippen molar-refractivity contribution in [2.24, 2.45) is 0 Å². The Balaban J connectivity index is 3.13. The van der Waals surface area contributed by atoms with Crippen LogP contribution in [-0.4, -0.2) is 13.4 Å². The number of thioether (sulfide) groups is 1. The molecule has 0 radical (unpaired) electrons. The fourth-order valence-electron chi connectivity index (χ4n) is 0.848. The molecule has 0 saturated carbocycles. The Morgan fingerprint density at radius 3 is 2.64 bits per heavy atom. The van der Waals surface area contributed by atoms with E-state index < -0.39 is 0 Å². The highest BCUT2D eigenvalue weighted by Crippen LogP contribution is 2.33. The van der Waals surface area contributed by atoms with Gasteiger partial charge >= 0.3 is 0 Å². The fraction of sp³-hybridized carbons (Fsp3) is 0.250. The van der Waals surface area contributed by atoms with Gasteiger partial charge in [-0.1, -0.05) is 6.07 Å². The maximum Gasteiger partial charge on any atom is 0.133 e. The molecule has 0 atom stereocenters. The molecule has 0 aliphatic carbocycles. The Hall–Kier alpha value is -0.150. The zero-order valence-corrected chi connectivity index (χ0v) is 8.83. The molecule has 0 aliphatic heterocycles. The van der Waals surface area contributed by atoms with Crippen molar-refractivity contribution >= 4 is 27.7 Å². The summed E-state index contributed by atoms with van der Waals surface area (Å²) in [5.41, 5.74) is 0. The van der Waals surface area contributed by atoms with Crippen molar-refractivity contribution in [1.82, 2.24) is 0 Å². The first kappa shape index (κ1) is 8.94. The quantitative estimate of drug-likeness (QED) is 0.725. The lowest BCUT2D eigenvalue weighted by atomic mass is 10.3. The van der Waals surface area contributed by atoms with Crippen molar-refractivity contribution in [2.45, 2.75) is 4.90 Å². The number of ether oxygens (including phenoxy) is 1. The second-order valence-corrected chi connectivity index (χ2v) is 3.65. The van der Waals surface area contributed by atoms with Crippen molar-refractivity contribution in [3.05, 3.63) is 22.7 Å². The monoisotopic (exact) mass is 232 g/mol. The average molecular weight is 233 g/mol. The molecule has 0 spiro atoms. The van der Waals surface area contributed by atoms with Crippen LogP contribution in [0.25, 0.3) is 0 Å². The summed E-state index contributed by atoms with van der Waals surface area (Å²) in [6.07, 6.45) is 2.03.